The monoisotopic (exact) mass is 285 g/mol. The molecule has 1 aromatic carbocycles. The van der Waals surface area contributed by atoms with Gasteiger partial charge in [-0.05, 0) is 48.3 Å². The average Bonchev–Trinajstić information content (AvgIpc) is 2.87. The molecule has 6 heteroatoms. The van der Waals surface area contributed by atoms with E-state index in [-0.39, 0.29) is 11.9 Å². The van der Waals surface area contributed by atoms with Crippen LogP contribution in [0.1, 0.15) is 23.4 Å². The Morgan fingerprint density at radius 2 is 2.33 bits per heavy atom. The van der Waals surface area contributed by atoms with Crippen molar-refractivity contribution in [2.45, 2.75) is 19.4 Å². The molecule has 1 aromatic heterocycles. The lowest BCUT2D eigenvalue weighted by Gasteiger charge is -2.16. The zero-order chi connectivity index (χ0) is 13.0. The summed E-state index contributed by atoms with van der Waals surface area (Å²) < 4.78 is 17.5. The van der Waals surface area contributed by atoms with Crippen LogP contribution in [-0.4, -0.2) is 16.1 Å². The van der Waals surface area contributed by atoms with E-state index in [0.29, 0.717) is 17.0 Å². The van der Waals surface area contributed by atoms with E-state index in [2.05, 4.69) is 14.9 Å². The second-order valence-electron chi connectivity index (χ2n) is 3.87. The van der Waals surface area contributed by atoms with Crippen LogP contribution in [0.5, 0.6) is 0 Å². The molecular weight excluding hydrogens is 273 g/mol. The van der Waals surface area contributed by atoms with Crippen molar-refractivity contribution in [1.82, 2.24) is 14.9 Å². The molecule has 0 aliphatic carbocycles. The molecule has 0 radical (unpaired) electrons. The molecule has 96 valence electrons. The van der Waals surface area contributed by atoms with Crippen LogP contribution in [0.15, 0.2) is 24.4 Å². The highest BCUT2D eigenvalue weighted by molar-refractivity contribution is 7.05. The van der Waals surface area contributed by atoms with Gasteiger partial charge in [-0.1, -0.05) is 23.0 Å². The van der Waals surface area contributed by atoms with Gasteiger partial charge in [0.1, 0.15) is 5.82 Å². The van der Waals surface area contributed by atoms with Crippen molar-refractivity contribution in [3.63, 3.8) is 0 Å². The van der Waals surface area contributed by atoms with Crippen molar-refractivity contribution in [3.8, 4) is 0 Å². The zero-order valence-corrected chi connectivity index (χ0v) is 11.4. The third-order valence-corrected chi connectivity index (χ3v) is 3.62. The molecule has 0 fully saturated rings. The minimum absolute atomic E-state index is 0.0166. The molecule has 1 heterocycles. The minimum atomic E-state index is -0.236. The lowest BCUT2D eigenvalue weighted by Crippen LogP contribution is -2.22. The summed E-state index contributed by atoms with van der Waals surface area (Å²) in [6.07, 6.45) is 2.24. The molecule has 2 rings (SSSR count). The first-order valence-corrected chi connectivity index (χ1v) is 6.80. The predicted molar refractivity (Wildman–Crippen MR) is 71.4 cm³/mol. The Labute approximate surface area is 114 Å². The van der Waals surface area contributed by atoms with E-state index in [1.54, 1.807) is 18.3 Å². The van der Waals surface area contributed by atoms with Crippen LogP contribution in [0, 0.1) is 5.82 Å². The van der Waals surface area contributed by atoms with Crippen LogP contribution < -0.4 is 5.32 Å². The van der Waals surface area contributed by atoms with E-state index < -0.39 is 0 Å². The summed E-state index contributed by atoms with van der Waals surface area (Å²) in [5, 5.41) is 7.66. The van der Waals surface area contributed by atoms with Gasteiger partial charge in [0.05, 0.1) is 11.1 Å². The Kier molecular flexibility index (Phi) is 4.63. The highest BCUT2D eigenvalue weighted by atomic mass is 35.5. The van der Waals surface area contributed by atoms with Gasteiger partial charge in [-0.2, -0.15) is 0 Å². The molecular formula is C12H13ClFN3S. The fourth-order valence-electron chi connectivity index (χ4n) is 1.77. The lowest BCUT2D eigenvalue weighted by molar-refractivity contribution is 0.533. The Hall–Kier alpha value is -1.04. The number of rotatable bonds is 5. The van der Waals surface area contributed by atoms with E-state index >= 15 is 0 Å². The summed E-state index contributed by atoms with van der Waals surface area (Å²) in [4.78, 5) is 0.997. The van der Waals surface area contributed by atoms with Crippen LogP contribution in [-0.2, 0) is 6.42 Å². The van der Waals surface area contributed by atoms with Crippen LogP contribution in [0.3, 0.4) is 0 Å². The molecule has 1 N–H and O–H groups in total. The largest absolute Gasteiger partial charge is 0.309 e. The molecule has 18 heavy (non-hydrogen) atoms. The molecule has 0 aliphatic rings. The van der Waals surface area contributed by atoms with E-state index in [4.69, 9.17) is 11.6 Å². The smallest absolute Gasteiger partial charge is 0.126 e. The first kappa shape index (κ1) is 13.4. The van der Waals surface area contributed by atoms with Gasteiger partial charge in [0.2, 0.25) is 0 Å². The maximum absolute atomic E-state index is 13.7. The van der Waals surface area contributed by atoms with Gasteiger partial charge in [0.15, 0.2) is 0 Å². The van der Waals surface area contributed by atoms with Crippen molar-refractivity contribution >= 4 is 23.1 Å². The highest BCUT2D eigenvalue weighted by Crippen LogP contribution is 2.23. The van der Waals surface area contributed by atoms with Crippen molar-refractivity contribution < 1.29 is 4.39 Å². The average molecular weight is 286 g/mol. The van der Waals surface area contributed by atoms with Crippen LogP contribution in [0.25, 0.3) is 0 Å². The number of hydrogen-bond donors (Lipinski definition) is 1. The molecule has 0 saturated heterocycles. The number of likely N-dealkylation sites (N-methyl/N-ethyl adjacent to an activating group) is 1. The van der Waals surface area contributed by atoms with Crippen molar-refractivity contribution in [3.05, 3.63) is 45.7 Å². The van der Waals surface area contributed by atoms with Crippen LogP contribution in [0.4, 0.5) is 4.39 Å². The molecule has 3 nitrogen and oxygen atoms in total. The van der Waals surface area contributed by atoms with Crippen molar-refractivity contribution in [2.24, 2.45) is 0 Å². The molecule has 0 saturated carbocycles. The predicted octanol–water partition coefficient (Wildman–Crippen LogP) is 3.22. The quantitative estimate of drug-likeness (QED) is 0.916. The van der Waals surface area contributed by atoms with Gasteiger partial charge in [-0.15, -0.1) is 5.10 Å². The summed E-state index contributed by atoms with van der Waals surface area (Å²) in [5.74, 6) is -0.236. The number of benzene rings is 1. The third kappa shape index (κ3) is 3.25. The van der Waals surface area contributed by atoms with Gasteiger partial charge < -0.3 is 5.32 Å². The molecule has 0 spiro atoms. The zero-order valence-electron chi connectivity index (χ0n) is 9.86. The molecule has 0 bridgehead atoms. The SMILES string of the molecule is CCNC(Cc1cc(Cl)ccc1F)c1cnns1. The first-order chi connectivity index (χ1) is 8.70. The number of nitrogens with one attached hydrogen (secondary N) is 1. The molecule has 1 atom stereocenters. The summed E-state index contributed by atoms with van der Waals surface area (Å²) >= 11 is 7.21. The van der Waals surface area contributed by atoms with E-state index in [1.165, 1.54) is 17.6 Å². The Morgan fingerprint density at radius 3 is 3.00 bits per heavy atom. The Bertz CT molecular complexity index is 504. The van der Waals surface area contributed by atoms with E-state index in [9.17, 15) is 4.39 Å². The lowest BCUT2D eigenvalue weighted by atomic mass is 10.0. The van der Waals surface area contributed by atoms with Gasteiger partial charge in [0.25, 0.3) is 0 Å². The fraction of sp³-hybridized carbons (Fsp3) is 0.333. The van der Waals surface area contributed by atoms with E-state index in [0.717, 1.165) is 11.4 Å². The standard InChI is InChI=1S/C12H13ClFN3S/c1-2-15-11(12-7-16-17-18-12)6-8-5-9(13)3-4-10(8)14/h3-5,7,11,15H,2,6H2,1H3. The number of nitrogens with zero attached hydrogens (tertiary/aromatic N) is 2. The van der Waals surface area contributed by atoms with Gasteiger partial charge >= 0.3 is 0 Å². The summed E-state index contributed by atoms with van der Waals surface area (Å²) in [6, 6.07) is 4.63. The Morgan fingerprint density at radius 1 is 1.50 bits per heavy atom. The summed E-state index contributed by atoms with van der Waals surface area (Å²) in [6.45, 7) is 2.81. The summed E-state index contributed by atoms with van der Waals surface area (Å²) in [5.41, 5.74) is 0.599. The summed E-state index contributed by atoms with van der Waals surface area (Å²) in [7, 11) is 0. The topological polar surface area (TPSA) is 37.8 Å². The Balaban J connectivity index is 2.21. The van der Waals surface area contributed by atoms with E-state index in [1.807, 2.05) is 6.92 Å². The molecule has 1 unspecified atom stereocenters. The van der Waals surface area contributed by atoms with Crippen molar-refractivity contribution in [2.75, 3.05) is 6.54 Å². The maximum Gasteiger partial charge on any atom is 0.126 e. The molecule has 2 aromatic rings. The second-order valence-corrected chi connectivity index (χ2v) is 5.12. The number of halogens is 2. The number of aromatic nitrogens is 2. The van der Waals surface area contributed by atoms with Gasteiger partial charge in [-0.25, -0.2) is 4.39 Å². The third-order valence-electron chi connectivity index (χ3n) is 2.60. The fourth-order valence-corrected chi connectivity index (χ4v) is 2.54. The highest BCUT2D eigenvalue weighted by Gasteiger charge is 2.16. The minimum Gasteiger partial charge on any atom is -0.309 e. The van der Waals surface area contributed by atoms with Crippen LogP contribution >= 0.6 is 23.1 Å². The van der Waals surface area contributed by atoms with Crippen LogP contribution in [0.2, 0.25) is 5.02 Å². The number of hydrogen-bond acceptors (Lipinski definition) is 4. The molecule has 0 aliphatic heterocycles. The van der Waals surface area contributed by atoms with Gasteiger partial charge in [0, 0.05) is 11.1 Å². The normalized spacial score (nSPS) is 12.6. The van der Waals surface area contributed by atoms with Gasteiger partial charge in [-0.3, -0.25) is 0 Å². The van der Waals surface area contributed by atoms with Crippen molar-refractivity contribution in [1.29, 1.82) is 0 Å². The maximum atomic E-state index is 13.7. The second kappa shape index (κ2) is 6.22. The first-order valence-electron chi connectivity index (χ1n) is 5.65. The molecule has 0 amide bonds.